The number of nitrogens with zero attached hydrogens (tertiary/aromatic N) is 5. The van der Waals surface area contributed by atoms with Gasteiger partial charge in [-0.2, -0.15) is 0 Å². The van der Waals surface area contributed by atoms with Crippen LogP contribution in [0.1, 0.15) is 23.6 Å². The molecule has 0 amide bonds. The van der Waals surface area contributed by atoms with Crippen molar-refractivity contribution in [2.24, 2.45) is 17.8 Å². The Kier molecular flexibility index (Phi) is 3.79. The summed E-state index contributed by atoms with van der Waals surface area (Å²) in [7, 11) is 0. The van der Waals surface area contributed by atoms with Gasteiger partial charge >= 0.3 is 0 Å². The van der Waals surface area contributed by atoms with Crippen molar-refractivity contribution in [2.75, 3.05) is 36.8 Å². The van der Waals surface area contributed by atoms with Gasteiger partial charge in [0.05, 0.1) is 0 Å². The van der Waals surface area contributed by atoms with E-state index >= 15 is 0 Å². The van der Waals surface area contributed by atoms with Crippen LogP contribution in [0.4, 0.5) is 20.4 Å². The summed E-state index contributed by atoms with van der Waals surface area (Å²) < 4.78 is 28.8. The zero-order chi connectivity index (χ0) is 20.6. The molecule has 9 heteroatoms. The van der Waals surface area contributed by atoms with Crippen LogP contribution < -0.4 is 16.2 Å². The third kappa shape index (κ3) is 2.74. The Hall–Kier alpha value is -2.55. The molecule has 3 fully saturated rings. The van der Waals surface area contributed by atoms with Crippen molar-refractivity contribution in [2.45, 2.75) is 31.4 Å². The molecule has 7 nitrogen and oxygen atoms in total. The Bertz CT molecular complexity index is 1060. The number of pyridine rings is 1. The standard InChI is InChI=1S/C21H24F2N6O/c22-21(23)15-9-27(10-16(15)21)7-13-1-2-17-14-3-12(6-29(17)20(13)30)5-28(8-14)19-4-18(24)25-11-26-19/h1-2,4,11-12,14-16H,3,5-10H2,(H2,24,25,26)/t12-,14+,15?,16?/m0/s1. The Morgan fingerprint density at radius 3 is 2.67 bits per heavy atom. The first-order valence-corrected chi connectivity index (χ1v) is 10.6. The SMILES string of the molecule is Nc1cc(N2C[C@@H]3C[C@H](C2)c2ccc(CN4CC5C(C4)C5(F)F)c(=O)n2C3)ncn1. The van der Waals surface area contributed by atoms with E-state index in [4.69, 9.17) is 5.73 Å². The number of fused-ring (bicyclic) bond motifs is 5. The van der Waals surface area contributed by atoms with Gasteiger partial charge in [0, 0.05) is 74.3 Å². The maximum Gasteiger partial charge on any atom is 0.257 e. The van der Waals surface area contributed by atoms with Gasteiger partial charge in [0.15, 0.2) is 0 Å². The fraction of sp³-hybridized carbons (Fsp3) is 0.571. The minimum absolute atomic E-state index is 0.0364. The van der Waals surface area contributed by atoms with Crippen LogP contribution in [-0.4, -0.2) is 51.5 Å². The van der Waals surface area contributed by atoms with Gasteiger partial charge in [-0.15, -0.1) is 0 Å². The number of hydrogen-bond acceptors (Lipinski definition) is 6. The highest BCUT2D eigenvalue weighted by Gasteiger charge is 2.71. The number of anilines is 2. The van der Waals surface area contributed by atoms with Crippen LogP contribution in [0.25, 0.3) is 0 Å². The number of alkyl halides is 2. The number of hydrogen-bond donors (Lipinski definition) is 1. The highest BCUT2D eigenvalue weighted by Crippen LogP contribution is 2.59. The third-order valence-corrected chi connectivity index (χ3v) is 7.35. The second-order valence-corrected chi connectivity index (χ2v) is 9.29. The Balaban J connectivity index is 1.22. The quantitative estimate of drug-likeness (QED) is 0.821. The van der Waals surface area contributed by atoms with Crippen molar-refractivity contribution in [3.05, 3.63) is 46.1 Å². The van der Waals surface area contributed by atoms with Crippen LogP contribution in [-0.2, 0) is 13.1 Å². The third-order valence-electron chi connectivity index (χ3n) is 7.35. The first-order valence-electron chi connectivity index (χ1n) is 10.6. The van der Waals surface area contributed by atoms with Gasteiger partial charge in [0.1, 0.15) is 18.0 Å². The second-order valence-electron chi connectivity index (χ2n) is 9.29. The van der Waals surface area contributed by atoms with E-state index in [0.29, 0.717) is 43.5 Å². The Morgan fingerprint density at radius 1 is 1.10 bits per heavy atom. The van der Waals surface area contributed by atoms with Gasteiger partial charge < -0.3 is 15.2 Å². The van der Waals surface area contributed by atoms with Crippen molar-refractivity contribution in [3.63, 3.8) is 0 Å². The van der Waals surface area contributed by atoms with Crippen molar-refractivity contribution >= 4 is 11.6 Å². The fourth-order valence-electron chi connectivity index (χ4n) is 5.79. The molecule has 3 aliphatic heterocycles. The smallest absolute Gasteiger partial charge is 0.257 e. The highest BCUT2D eigenvalue weighted by molar-refractivity contribution is 5.47. The fourth-order valence-corrected chi connectivity index (χ4v) is 5.79. The number of piperidine rings is 2. The molecule has 2 saturated heterocycles. The molecule has 2 unspecified atom stereocenters. The molecule has 6 rings (SSSR count). The largest absolute Gasteiger partial charge is 0.384 e. The summed E-state index contributed by atoms with van der Waals surface area (Å²) in [5.41, 5.74) is 7.62. The van der Waals surface area contributed by atoms with E-state index in [9.17, 15) is 13.6 Å². The highest BCUT2D eigenvalue weighted by atomic mass is 19.3. The monoisotopic (exact) mass is 414 g/mol. The lowest BCUT2D eigenvalue weighted by Crippen LogP contribution is -2.48. The van der Waals surface area contributed by atoms with E-state index in [1.54, 1.807) is 6.07 Å². The summed E-state index contributed by atoms with van der Waals surface area (Å²) in [6, 6.07) is 5.75. The van der Waals surface area contributed by atoms with Gasteiger partial charge in [-0.05, 0) is 18.4 Å². The molecule has 0 radical (unpaired) electrons. The number of nitrogen functional groups attached to an aromatic ring is 1. The average molecular weight is 414 g/mol. The summed E-state index contributed by atoms with van der Waals surface area (Å²) >= 11 is 0. The maximum atomic E-state index is 13.5. The minimum atomic E-state index is -2.49. The molecule has 4 aliphatic rings. The number of nitrogens with two attached hydrogens (primary N) is 1. The summed E-state index contributed by atoms with van der Waals surface area (Å²) in [6.45, 7) is 3.54. The van der Waals surface area contributed by atoms with Gasteiger partial charge in [0.25, 0.3) is 11.5 Å². The van der Waals surface area contributed by atoms with Crippen LogP contribution in [0, 0.1) is 17.8 Å². The van der Waals surface area contributed by atoms with Crippen LogP contribution in [0.3, 0.4) is 0 Å². The number of likely N-dealkylation sites (tertiary alicyclic amines) is 1. The van der Waals surface area contributed by atoms with E-state index in [2.05, 4.69) is 20.9 Å². The lowest BCUT2D eigenvalue weighted by Gasteiger charge is -2.43. The van der Waals surface area contributed by atoms with E-state index < -0.39 is 17.8 Å². The number of halogens is 2. The molecule has 2 N–H and O–H groups in total. The van der Waals surface area contributed by atoms with Crippen LogP contribution in [0.2, 0.25) is 0 Å². The van der Waals surface area contributed by atoms with Crippen molar-refractivity contribution < 1.29 is 8.78 Å². The van der Waals surface area contributed by atoms with Crippen LogP contribution in [0.5, 0.6) is 0 Å². The number of aromatic nitrogens is 3. The molecule has 1 saturated carbocycles. The molecule has 1 aliphatic carbocycles. The minimum Gasteiger partial charge on any atom is -0.384 e. The Labute approximate surface area is 172 Å². The predicted molar refractivity (Wildman–Crippen MR) is 107 cm³/mol. The van der Waals surface area contributed by atoms with Crippen molar-refractivity contribution in [3.8, 4) is 0 Å². The molecule has 30 heavy (non-hydrogen) atoms. The normalized spacial score (nSPS) is 31.3. The van der Waals surface area contributed by atoms with Gasteiger partial charge in [-0.25, -0.2) is 18.7 Å². The van der Waals surface area contributed by atoms with Gasteiger partial charge in [0.2, 0.25) is 0 Å². The Morgan fingerprint density at radius 2 is 1.90 bits per heavy atom. The zero-order valence-electron chi connectivity index (χ0n) is 16.5. The molecule has 2 aromatic rings. The number of rotatable bonds is 3. The molecule has 158 valence electrons. The molecule has 2 bridgehead atoms. The van der Waals surface area contributed by atoms with Crippen molar-refractivity contribution in [1.29, 1.82) is 0 Å². The predicted octanol–water partition coefficient (Wildman–Crippen LogP) is 1.54. The summed E-state index contributed by atoms with van der Waals surface area (Å²) in [5, 5.41) is 0. The first kappa shape index (κ1) is 18.2. The molecule has 2 aromatic heterocycles. The van der Waals surface area contributed by atoms with Gasteiger partial charge in [-0.1, -0.05) is 6.07 Å². The van der Waals surface area contributed by atoms with E-state index in [-0.39, 0.29) is 11.5 Å². The molecular weight excluding hydrogens is 390 g/mol. The molecular formula is C21H24F2N6O. The summed E-state index contributed by atoms with van der Waals surface area (Å²) in [4.78, 5) is 25.8. The van der Waals surface area contributed by atoms with E-state index in [0.717, 1.165) is 31.0 Å². The van der Waals surface area contributed by atoms with Crippen LogP contribution >= 0.6 is 0 Å². The molecule has 4 atom stereocenters. The molecule has 5 heterocycles. The zero-order valence-corrected chi connectivity index (χ0v) is 16.5. The maximum absolute atomic E-state index is 13.5. The topological polar surface area (TPSA) is 80.3 Å². The van der Waals surface area contributed by atoms with E-state index in [1.165, 1.54) is 6.33 Å². The average Bonchev–Trinajstić information content (AvgIpc) is 3.04. The van der Waals surface area contributed by atoms with Gasteiger partial charge in [-0.3, -0.25) is 9.69 Å². The summed E-state index contributed by atoms with van der Waals surface area (Å²) in [6.07, 6.45) is 2.54. The van der Waals surface area contributed by atoms with E-state index in [1.807, 2.05) is 15.5 Å². The second kappa shape index (κ2) is 6.23. The molecule has 0 aromatic carbocycles. The molecule has 0 spiro atoms. The lowest BCUT2D eigenvalue weighted by atomic mass is 9.83. The lowest BCUT2D eigenvalue weighted by molar-refractivity contribution is 0.0517. The summed E-state index contributed by atoms with van der Waals surface area (Å²) in [5.74, 6) is -1.62. The van der Waals surface area contributed by atoms with Crippen molar-refractivity contribution in [1.82, 2.24) is 19.4 Å². The first-order chi connectivity index (χ1) is 14.4. The van der Waals surface area contributed by atoms with Crippen LogP contribution in [0.15, 0.2) is 29.3 Å².